The smallest absolute Gasteiger partial charge is 0.410 e. The molecule has 0 spiro atoms. The Morgan fingerprint density at radius 1 is 0.974 bits per heavy atom. The summed E-state index contributed by atoms with van der Waals surface area (Å²) in [5, 5.41) is 2.67. The second-order valence-corrected chi connectivity index (χ2v) is 12.1. The van der Waals surface area contributed by atoms with E-state index in [1.54, 1.807) is 12.1 Å². The topological polar surface area (TPSA) is 102 Å². The maximum absolute atomic E-state index is 13.2. The molecule has 5 rings (SSSR count). The molecule has 1 aromatic carbocycles. The Balaban J connectivity index is 1.13. The molecule has 10 nitrogen and oxygen atoms in total. The van der Waals surface area contributed by atoms with Crippen molar-refractivity contribution in [2.75, 3.05) is 50.7 Å². The molecule has 3 saturated heterocycles. The fraction of sp³-hybridized carbons (Fsp3) is 0.586. The highest BCUT2D eigenvalue weighted by Crippen LogP contribution is 2.32. The number of nitrogens with one attached hydrogen (secondary N) is 1. The van der Waals surface area contributed by atoms with Crippen molar-refractivity contribution in [1.82, 2.24) is 20.0 Å². The molecular formula is C29H39N5O5. The van der Waals surface area contributed by atoms with E-state index in [1.807, 2.05) is 31.7 Å². The lowest BCUT2D eigenvalue weighted by Crippen LogP contribution is -2.51. The summed E-state index contributed by atoms with van der Waals surface area (Å²) in [5.74, 6) is -0.607. The highest BCUT2D eigenvalue weighted by atomic mass is 16.6. The number of rotatable bonds is 4. The van der Waals surface area contributed by atoms with Crippen LogP contribution in [0.3, 0.4) is 0 Å². The Kier molecular flexibility index (Phi) is 7.41. The molecular weight excluding hydrogens is 498 g/mol. The van der Waals surface area contributed by atoms with Crippen LogP contribution < -0.4 is 10.2 Å². The Hall–Kier alpha value is -3.40. The molecule has 4 amide bonds. The number of imide groups is 1. The fourth-order valence-electron chi connectivity index (χ4n) is 5.91. The number of hydrogen-bond acceptors (Lipinski definition) is 7. The van der Waals surface area contributed by atoms with E-state index in [1.165, 1.54) is 0 Å². The van der Waals surface area contributed by atoms with E-state index in [-0.39, 0.29) is 12.0 Å². The number of likely N-dealkylation sites (tertiary alicyclic amines) is 1. The van der Waals surface area contributed by atoms with Crippen molar-refractivity contribution >= 4 is 29.5 Å². The van der Waals surface area contributed by atoms with Crippen molar-refractivity contribution in [1.29, 1.82) is 0 Å². The predicted molar refractivity (Wildman–Crippen MR) is 146 cm³/mol. The maximum Gasteiger partial charge on any atom is 0.410 e. The van der Waals surface area contributed by atoms with E-state index in [0.717, 1.165) is 69.2 Å². The number of hydrogen-bond donors (Lipinski definition) is 1. The van der Waals surface area contributed by atoms with E-state index in [4.69, 9.17) is 4.74 Å². The average molecular weight is 538 g/mol. The molecule has 4 aliphatic rings. The monoisotopic (exact) mass is 537 g/mol. The van der Waals surface area contributed by atoms with Crippen LogP contribution in [0.15, 0.2) is 30.5 Å². The Labute approximate surface area is 229 Å². The summed E-state index contributed by atoms with van der Waals surface area (Å²) in [6.45, 7) is 15.4. The van der Waals surface area contributed by atoms with Crippen LogP contribution in [0.2, 0.25) is 0 Å². The molecule has 0 saturated carbocycles. The lowest BCUT2D eigenvalue weighted by atomic mass is 9.96. The van der Waals surface area contributed by atoms with Gasteiger partial charge in [0.15, 0.2) is 0 Å². The first-order valence-electron chi connectivity index (χ1n) is 14.0. The summed E-state index contributed by atoms with van der Waals surface area (Å²) in [6.07, 6.45) is 2.67. The molecule has 1 aromatic rings. The molecule has 4 heterocycles. The zero-order valence-corrected chi connectivity index (χ0v) is 23.2. The highest BCUT2D eigenvalue weighted by Gasteiger charge is 2.44. The molecule has 0 aromatic heterocycles. The van der Waals surface area contributed by atoms with Gasteiger partial charge in [0.1, 0.15) is 11.6 Å². The van der Waals surface area contributed by atoms with Gasteiger partial charge in [-0.15, -0.1) is 0 Å². The molecule has 4 aliphatic heterocycles. The van der Waals surface area contributed by atoms with Gasteiger partial charge in [0.2, 0.25) is 5.91 Å². The second kappa shape index (κ2) is 10.6. The van der Waals surface area contributed by atoms with E-state index in [0.29, 0.717) is 35.6 Å². The molecule has 39 heavy (non-hydrogen) atoms. The number of piperazine rings is 1. The molecule has 0 bridgehead atoms. The van der Waals surface area contributed by atoms with Crippen LogP contribution >= 0.6 is 0 Å². The minimum atomic E-state index is -0.800. The van der Waals surface area contributed by atoms with Crippen LogP contribution in [0.4, 0.5) is 10.5 Å². The molecule has 10 heteroatoms. The SMILES string of the molecule is C=C1CCC(N2C(=O)c3ccc(N4CCN(CC5CCN(C(=O)OC(C)(C)C)CC5)CC4)cc3C2=O)C(=O)N1. The third kappa shape index (κ3) is 5.80. The van der Waals surface area contributed by atoms with E-state index < -0.39 is 23.5 Å². The van der Waals surface area contributed by atoms with Gasteiger partial charge in [-0.2, -0.15) is 0 Å². The van der Waals surface area contributed by atoms with E-state index >= 15 is 0 Å². The number of amides is 4. The Morgan fingerprint density at radius 2 is 1.64 bits per heavy atom. The number of fused-ring (bicyclic) bond motifs is 1. The van der Waals surface area contributed by atoms with Crippen molar-refractivity contribution in [3.63, 3.8) is 0 Å². The van der Waals surface area contributed by atoms with Gasteiger partial charge in [-0.1, -0.05) is 6.58 Å². The van der Waals surface area contributed by atoms with Crippen LogP contribution in [0.5, 0.6) is 0 Å². The van der Waals surface area contributed by atoms with E-state index in [2.05, 4.69) is 21.7 Å². The predicted octanol–water partition coefficient (Wildman–Crippen LogP) is 2.84. The summed E-state index contributed by atoms with van der Waals surface area (Å²) >= 11 is 0. The third-order valence-electron chi connectivity index (χ3n) is 8.06. The number of carbonyl (C=O) groups is 4. The maximum atomic E-state index is 13.2. The van der Waals surface area contributed by atoms with E-state index in [9.17, 15) is 19.2 Å². The zero-order valence-electron chi connectivity index (χ0n) is 23.2. The first-order chi connectivity index (χ1) is 18.5. The second-order valence-electron chi connectivity index (χ2n) is 12.1. The molecule has 1 atom stereocenters. The molecule has 0 radical (unpaired) electrons. The highest BCUT2D eigenvalue weighted by molar-refractivity contribution is 6.23. The summed E-state index contributed by atoms with van der Waals surface area (Å²) in [7, 11) is 0. The fourth-order valence-corrected chi connectivity index (χ4v) is 5.91. The summed E-state index contributed by atoms with van der Waals surface area (Å²) in [4.78, 5) is 58.7. The normalized spacial score (nSPS) is 23.3. The summed E-state index contributed by atoms with van der Waals surface area (Å²) in [5.41, 5.74) is 1.78. The first-order valence-corrected chi connectivity index (χ1v) is 14.0. The Morgan fingerprint density at radius 3 is 2.28 bits per heavy atom. The van der Waals surface area contributed by atoms with Crippen molar-refractivity contribution in [2.45, 2.75) is 58.1 Å². The quantitative estimate of drug-likeness (QED) is 0.590. The molecule has 3 fully saturated rings. The molecule has 0 aliphatic carbocycles. The van der Waals surface area contributed by atoms with Crippen molar-refractivity contribution in [3.05, 3.63) is 41.6 Å². The number of carbonyl (C=O) groups excluding carboxylic acids is 4. The number of nitrogens with zero attached hydrogens (tertiary/aromatic N) is 4. The zero-order chi connectivity index (χ0) is 27.9. The number of allylic oxidation sites excluding steroid dienone is 1. The van der Waals surface area contributed by atoms with Gasteiger partial charge in [0, 0.05) is 57.2 Å². The summed E-state index contributed by atoms with van der Waals surface area (Å²) < 4.78 is 5.51. The first kappa shape index (κ1) is 27.2. The lowest BCUT2D eigenvalue weighted by Gasteiger charge is -2.39. The summed E-state index contributed by atoms with van der Waals surface area (Å²) in [6, 6.07) is 4.62. The average Bonchev–Trinajstić information content (AvgIpc) is 3.13. The van der Waals surface area contributed by atoms with Crippen molar-refractivity contribution < 1.29 is 23.9 Å². The van der Waals surface area contributed by atoms with Gasteiger partial charge < -0.3 is 19.9 Å². The van der Waals surface area contributed by atoms with Crippen LogP contribution in [-0.4, -0.2) is 96.0 Å². The van der Waals surface area contributed by atoms with Gasteiger partial charge in [-0.3, -0.25) is 24.2 Å². The molecule has 1 N–H and O–H groups in total. The van der Waals surface area contributed by atoms with Gasteiger partial charge in [0.25, 0.3) is 11.8 Å². The van der Waals surface area contributed by atoms with Gasteiger partial charge in [-0.05, 0) is 70.6 Å². The van der Waals surface area contributed by atoms with Crippen molar-refractivity contribution in [3.8, 4) is 0 Å². The van der Waals surface area contributed by atoms with Crippen LogP contribution in [0, 0.1) is 5.92 Å². The van der Waals surface area contributed by atoms with Gasteiger partial charge in [0.05, 0.1) is 11.1 Å². The molecule has 1 unspecified atom stereocenters. The number of piperidine rings is 2. The number of benzene rings is 1. The minimum Gasteiger partial charge on any atom is -0.444 e. The number of anilines is 1. The van der Waals surface area contributed by atoms with Crippen LogP contribution in [-0.2, 0) is 9.53 Å². The van der Waals surface area contributed by atoms with Crippen LogP contribution in [0.1, 0.15) is 67.2 Å². The standard InChI is InChI=1S/C29H39N5O5/c1-19-5-8-24(25(35)30-19)34-26(36)22-7-6-21(17-23(22)27(34)37)32-15-13-31(14-16-32)18-20-9-11-33(12-10-20)28(38)39-29(2,3)4/h6-7,17,20,24H,1,5,8-16,18H2,2-4H3,(H,30,35). The van der Waals surface area contributed by atoms with Crippen LogP contribution in [0.25, 0.3) is 0 Å². The number of ether oxygens (including phenoxy) is 1. The van der Waals surface area contributed by atoms with Gasteiger partial charge in [-0.25, -0.2) is 4.79 Å². The largest absolute Gasteiger partial charge is 0.444 e. The van der Waals surface area contributed by atoms with Gasteiger partial charge >= 0.3 is 6.09 Å². The third-order valence-corrected chi connectivity index (χ3v) is 8.06. The molecule has 210 valence electrons. The Bertz CT molecular complexity index is 1170. The lowest BCUT2D eigenvalue weighted by molar-refractivity contribution is -0.125. The van der Waals surface area contributed by atoms with Crippen molar-refractivity contribution in [2.24, 2.45) is 5.92 Å². The minimum absolute atomic E-state index is 0.222.